The number of halogens is 1. The zero-order valence-corrected chi connectivity index (χ0v) is 19.4. The Kier molecular flexibility index (Phi) is 9.06. The maximum Gasteiger partial charge on any atom is 0.305 e. The second-order valence-corrected chi connectivity index (χ2v) is 8.23. The predicted molar refractivity (Wildman–Crippen MR) is 130 cm³/mol. The van der Waals surface area contributed by atoms with Crippen LogP contribution in [0.15, 0.2) is 41.4 Å². The number of nitro groups is 1. The molecule has 0 spiro atoms. The Labute approximate surface area is 198 Å². The Morgan fingerprint density at radius 3 is 2.74 bits per heavy atom. The van der Waals surface area contributed by atoms with E-state index in [4.69, 9.17) is 4.74 Å². The Morgan fingerprint density at radius 1 is 1.29 bits per heavy atom. The fourth-order valence-corrected chi connectivity index (χ4v) is 4.00. The highest BCUT2D eigenvalue weighted by Crippen LogP contribution is 2.32. The molecule has 3 rings (SSSR count). The summed E-state index contributed by atoms with van der Waals surface area (Å²) in [6.45, 7) is 4.00. The van der Waals surface area contributed by atoms with Crippen molar-refractivity contribution in [2.24, 2.45) is 4.99 Å². The van der Waals surface area contributed by atoms with Gasteiger partial charge in [0.05, 0.1) is 29.6 Å². The number of methoxy groups -OCH3 is 1. The van der Waals surface area contributed by atoms with Gasteiger partial charge in [0.2, 0.25) is 5.82 Å². The monoisotopic (exact) mass is 471 g/mol. The molecule has 0 aliphatic carbocycles. The molecule has 1 saturated heterocycles. The molecule has 1 aliphatic rings. The highest BCUT2D eigenvalue weighted by molar-refractivity contribution is 6.14. The minimum Gasteiger partial charge on any atom is -0.497 e. The normalized spacial score (nSPS) is 14.9. The number of anilines is 1. The summed E-state index contributed by atoms with van der Waals surface area (Å²) in [5, 5.41) is 14.4. The minimum absolute atomic E-state index is 0.306. The number of hydrogen-bond acceptors (Lipinski definition) is 8. The third-order valence-corrected chi connectivity index (χ3v) is 6.01. The first-order chi connectivity index (χ1) is 16.4. The molecule has 0 saturated carbocycles. The van der Waals surface area contributed by atoms with E-state index in [9.17, 15) is 19.3 Å². The molecule has 182 valence electrons. The van der Waals surface area contributed by atoms with E-state index in [0.29, 0.717) is 30.1 Å². The summed E-state index contributed by atoms with van der Waals surface area (Å²) in [5.74, 6) is -0.0890. The number of nitro benzene ring substituents is 1. The second kappa shape index (κ2) is 12.2. The maximum atomic E-state index is 13.5. The van der Waals surface area contributed by atoms with E-state index in [2.05, 4.69) is 20.1 Å². The van der Waals surface area contributed by atoms with Crippen molar-refractivity contribution in [1.29, 1.82) is 0 Å². The lowest BCUT2D eigenvalue weighted by atomic mass is 10.0. The van der Waals surface area contributed by atoms with Crippen LogP contribution in [-0.4, -0.2) is 68.7 Å². The van der Waals surface area contributed by atoms with E-state index < -0.39 is 16.4 Å². The number of hydrogen-bond donors (Lipinski definition) is 1. The molecule has 0 amide bonds. The molecule has 0 unspecified atom stereocenters. The number of piperidine rings is 1. The number of likely N-dealkylation sites (tertiary alicyclic amines) is 1. The van der Waals surface area contributed by atoms with Gasteiger partial charge in [-0.1, -0.05) is 6.07 Å². The SMILES string of the molecule is COc1ccc(N=CC=O)c(N(C)CCN2CCC(NCc3ccc(F)c([N+](=O)[O-])c3)CC2)c1. The summed E-state index contributed by atoms with van der Waals surface area (Å²) in [4.78, 5) is 29.6. The van der Waals surface area contributed by atoms with Gasteiger partial charge in [-0.2, -0.15) is 4.39 Å². The average Bonchev–Trinajstić information content (AvgIpc) is 2.85. The van der Waals surface area contributed by atoms with Crippen LogP contribution in [0.4, 0.5) is 21.5 Å². The van der Waals surface area contributed by atoms with E-state index in [1.807, 2.05) is 25.2 Å². The van der Waals surface area contributed by atoms with E-state index >= 15 is 0 Å². The summed E-state index contributed by atoms with van der Waals surface area (Å²) in [5.41, 5.74) is 1.81. The van der Waals surface area contributed by atoms with Gasteiger partial charge in [-0.25, -0.2) is 0 Å². The number of nitrogens with one attached hydrogen (secondary N) is 1. The second-order valence-electron chi connectivity index (χ2n) is 8.23. The van der Waals surface area contributed by atoms with Crippen molar-refractivity contribution in [2.45, 2.75) is 25.4 Å². The number of carbonyl (C=O) groups excluding carboxylic acids is 1. The first kappa shape index (κ1) is 25.3. The molecular formula is C24H30FN5O4. The molecule has 0 bridgehead atoms. The summed E-state index contributed by atoms with van der Waals surface area (Å²) in [6.07, 6.45) is 3.81. The molecular weight excluding hydrogens is 441 g/mol. The van der Waals surface area contributed by atoms with Gasteiger partial charge in [-0.3, -0.25) is 19.9 Å². The predicted octanol–water partition coefficient (Wildman–Crippen LogP) is 3.33. The largest absolute Gasteiger partial charge is 0.497 e. The molecule has 1 aliphatic heterocycles. The van der Waals surface area contributed by atoms with E-state index in [1.165, 1.54) is 12.3 Å². The van der Waals surface area contributed by atoms with Crippen molar-refractivity contribution in [3.63, 3.8) is 0 Å². The Hall–Kier alpha value is -3.37. The van der Waals surface area contributed by atoms with Crippen molar-refractivity contribution in [1.82, 2.24) is 10.2 Å². The van der Waals surface area contributed by atoms with Crippen LogP contribution in [0, 0.1) is 15.9 Å². The zero-order chi connectivity index (χ0) is 24.5. The molecule has 10 heteroatoms. The Bertz CT molecular complexity index is 1020. The molecule has 2 aromatic rings. The van der Waals surface area contributed by atoms with Crippen molar-refractivity contribution >= 4 is 29.6 Å². The van der Waals surface area contributed by atoms with Gasteiger partial charge in [0, 0.05) is 44.9 Å². The molecule has 34 heavy (non-hydrogen) atoms. The number of benzene rings is 2. The first-order valence-corrected chi connectivity index (χ1v) is 11.2. The summed E-state index contributed by atoms with van der Waals surface area (Å²) >= 11 is 0. The third kappa shape index (κ3) is 6.82. The lowest BCUT2D eigenvalue weighted by Gasteiger charge is -2.34. The molecule has 1 N–H and O–H groups in total. The Morgan fingerprint density at radius 2 is 2.06 bits per heavy atom. The maximum absolute atomic E-state index is 13.5. The molecule has 9 nitrogen and oxygen atoms in total. The van der Waals surface area contributed by atoms with Crippen molar-refractivity contribution in [3.8, 4) is 5.75 Å². The third-order valence-electron chi connectivity index (χ3n) is 6.01. The zero-order valence-electron chi connectivity index (χ0n) is 19.4. The summed E-state index contributed by atoms with van der Waals surface area (Å²) in [6, 6.07) is 9.88. The smallest absolute Gasteiger partial charge is 0.305 e. The fraction of sp³-hybridized carbons (Fsp3) is 0.417. The van der Waals surface area contributed by atoms with Crippen LogP contribution in [0.3, 0.4) is 0 Å². The Balaban J connectivity index is 1.48. The molecule has 1 fully saturated rings. The van der Waals surface area contributed by atoms with Crippen LogP contribution in [0.5, 0.6) is 5.75 Å². The molecule has 0 atom stereocenters. The van der Waals surface area contributed by atoms with Gasteiger partial charge in [-0.05, 0) is 49.7 Å². The van der Waals surface area contributed by atoms with Gasteiger partial charge in [0.1, 0.15) is 5.75 Å². The van der Waals surface area contributed by atoms with Crippen molar-refractivity contribution < 1.29 is 18.8 Å². The van der Waals surface area contributed by atoms with Gasteiger partial charge in [-0.15, -0.1) is 0 Å². The number of nitrogens with zero attached hydrogens (tertiary/aromatic N) is 4. The summed E-state index contributed by atoms with van der Waals surface area (Å²) < 4.78 is 18.8. The van der Waals surface area contributed by atoms with E-state index in [0.717, 1.165) is 56.5 Å². The van der Waals surface area contributed by atoms with Crippen LogP contribution >= 0.6 is 0 Å². The topological polar surface area (TPSA) is 100 Å². The lowest BCUT2D eigenvalue weighted by Crippen LogP contribution is -2.44. The molecule has 0 radical (unpaired) electrons. The summed E-state index contributed by atoms with van der Waals surface area (Å²) in [7, 11) is 3.61. The fourth-order valence-electron chi connectivity index (χ4n) is 4.00. The lowest BCUT2D eigenvalue weighted by molar-refractivity contribution is -0.387. The van der Waals surface area contributed by atoms with Crippen LogP contribution in [0.2, 0.25) is 0 Å². The van der Waals surface area contributed by atoms with Gasteiger partial charge in [0.25, 0.3) is 0 Å². The van der Waals surface area contributed by atoms with E-state index in [1.54, 1.807) is 13.2 Å². The number of carbonyl (C=O) groups is 1. The van der Waals surface area contributed by atoms with Crippen molar-refractivity contribution in [3.05, 3.63) is 57.9 Å². The van der Waals surface area contributed by atoms with E-state index in [-0.39, 0.29) is 0 Å². The molecule has 1 heterocycles. The number of likely N-dealkylation sites (N-methyl/N-ethyl adjacent to an activating group) is 1. The quantitative estimate of drug-likeness (QED) is 0.232. The average molecular weight is 472 g/mol. The molecule has 2 aromatic carbocycles. The highest BCUT2D eigenvalue weighted by Gasteiger charge is 2.20. The number of rotatable bonds is 11. The number of aliphatic imine (C=N–C) groups is 1. The van der Waals surface area contributed by atoms with Crippen LogP contribution in [0.1, 0.15) is 18.4 Å². The first-order valence-electron chi connectivity index (χ1n) is 11.2. The van der Waals surface area contributed by atoms with Gasteiger partial charge >= 0.3 is 5.69 Å². The molecule has 0 aromatic heterocycles. The highest BCUT2D eigenvalue weighted by atomic mass is 19.1. The standard InChI is InChI=1S/C24H30FN5O4/c1-28(24-16-20(34-2)4-6-22(24)26-9-14-31)12-13-29-10-7-19(8-11-29)27-17-18-3-5-21(25)23(15-18)30(32)33/h3-6,9,14-16,19,27H,7-8,10-13,17H2,1-2H3. The van der Waals surface area contributed by atoms with Crippen LogP contribution < -0.4 is 15.0 Å². The number of aldehydes is 1. The number of ether oxygens (including phenoxy) is 1. The van der Waals surface area contributed by atoms with Crippen LogP contribution in [0.25, 0.3) is 0 Å². The van der Waals surface area contributed by atoms with Crippen LogP contribution in [-0.2, 0) is 11.3 Å². The van der Waals surface area contributed by atoms with Gasteiger partial charge < -0.3 is 19.9 Å². The minimum atomic E-state index is -0.816. The van der Waals surface area contributed by atoms with Crippen molar-refractivity contribution in [2.75, 3.05) is 45.2 Å². The van der Waals surface area contributed by atoms with Gasteiger partial charge in [0.15, 0.2) is 6.29 Å².